The molecule has 0 saturated carbocycles. The second-order valence-corrected chi connectivity index (χ2v) is 5.96. The van der Waals surface area contributed by atoms with Crippen molar-refractivity contribution >= 4 is 11.7 Å². The molecular weight excluding hydrogens is 331 g/mol. The maximum absolute atomic E-state index is 14.0. The van der Waals surface area contributed by atoms with Crippen molar-refractivity contribution in [3.05, 3.63) is 84.7 Å². The summed E-state index contributed by atoms with van der Waals surface area (Å²) in [5.41, 5.74) is 1.21. The second-order valence-electron chi connectivity index (χ2n) is 5.96. The molecule has 0 aliphatic carbocycles. The van der Waals surface area contributed by atoms with E-state index in [-0.39, 0.29) is 18.4 Å². The SMILES string of the molecule is O=C(Nc1ccccc1)N(CCCn1ccnc1)Cc1ccccc1F. The minimum absolute atomic E-state index is 0.218. The van der Waals surface area contributed by atoms with Gasteiger partial charge in [-0.05, 0) is 24.6 Å². The van der Waals surface area contributed by atoms with Gasteiger partial charge in [-0.2, -0.15) is 0 Å². The Balaban J connectivity index is 1.67. The number of imidazole rings is 1. The van der Waals surface area contributed by atoms with Crippen molar-refractivity contribution in [2.75, 3.05) is 11.9 Å². The third-order valence-corrected chi connectivity index (χ3v) is 4.03. The van der Waals surface area contributed by atoms with E-state index < -0.39 is 0 Å². The molecule has 1 heterocycles. The first kappa shape index (κ1) is 17.7. The molecule has 2 amide bonds. The lowest BCUT2D eigenvalue weighted by molar-refractivity contribution is 0.206. The summed E-state index contributed by atoms with van der Waals surface area (Å²) in [6.07, 6.45) is 6.09. The first-order valence-corrected chi connectivity index (χ1v) is 8.52. The van der Waals surface area contributed by atoms with Gasteiger partial charge in [-0.3, -0.25) is 0 Å². The highest BCUT2D eigenvalue weighted by Gasteiger charge is 2.16. The Labute approximate surface area is 152 Å². The van der Waals surface area contributed by atoms with E-state index in [1.807, 2.05) is 41.1 Å². The molecule has 6 heteroatoms. The number of amides is 2. The highest BCUT2D eigenvalue weighted by Crippen LogP contribution is 2.13. The fraction of sp³-hybridized carbons (Fsp3) is 0.200. The van der Waals surface area contributed by atoms with E-state index in [1.165, 1.54) is 6.07 Å². The average molecular weight is 352 g/mol. The number of carbonyl (C=O) groups is 1. The van der Waals surface area contributed by atoms with Gasteiger partial charge in [0.15, 0.2) is 0 Å². The number of carbonyl (C=O) groups excluding carboxylic acids is 1. The van der Waals surface area contributed by atoms with Crippen LogP contribution in [0.2, 0.25) is 0 Å². The summed E-state index contributed by atoms with van der Waals surface area (Å²) in [6.45, 7) is 1.47. The number of urea groups is 1. The third-order valence-electron chi connectivity index (χ3n) is 4.03. The van der Waals surface area contributed by atoms with Crippen LogP contribution >= 0.6 is 0 Å². The number of hydrogen-bond acceptors (Lipinski definition) is 2. The zero-order valence-corrected chi connectivity index (χ0v) is 14.4. The van der Waals surface area contributed by atoms with Gasteiger partial charge in [-0.1, -0.05) is 36.4 Å². The molecule has 0 saturated heterocycles. The van der Waals surface area contributed by atoms with E-state index in [0.717, 1.165) is 13.0 Å². The quantitative estimate of drug-likeness (QED) is 0.694. The number of halogens is 1. The summed E-state index contributed by atoms with van der Waals surface area (Å²) in [5.74, 6) is -0.306. The van der Waals surface area contributed by atoms with Crippen LogP contribution in [0.5, 0.6) is 0 Å². The Kier molecular flexibility index (Phi) is 5.98. The van der Waals surface area contributed by atoms with Crippen molar-refractivity contribution in [1.82, 2.24) is 14.5 Å². The number of hydrogen-bond donors (Lipinski definition) is 1. The van der Waals surface area contributed by atoms with Crippen molar-refractivity contribution in [2.45, 2.75) is 19.5 Å². The number of nitrogens with zero attached hydrogens (tertiary/aromatic N) is 3. The topological polar surface area (TPSA) is 50.2 Å². The van der Waals surface area contributed by atoms with Gasteiger partial charge >= 0.3 is 6.03 Å². The van der Waals surface area contributed by atoms with E-state index in [4.69, 9.17) is 0 Å². The van der Waals surface area contributed by atoms with Gasteiger partial charge in [0.2, 0.25) is 0 Å². The lowest BCUT2D eigenvalue weighted by atomic mass is 10.2. The predicted octanol–water partition coefficient (Wildman–Crippen LogP) is 4.15. The fourth-order valence-electron chi connectivity index (χ4n) is 2.67. The van der Waals surface area contributed by atoms with Gasteiger partial charge in [-0.15, -0.1) is 0 Å². The average Bonchev–Trinajstić information content (AvgIpc) is 3.17. The molecule has 0 aliphatic rings. The maximum Gasteiger partial charge on any atom is 0.322 e. The van der Waals surface area contributed by atoms with Crippen molar-refractivity contribution in [3.8, 4) is 0 Å². The molecule has 3 aromatic rings. The summed E-state index contributed by atoms with van der Waals surface area (Å²) in [5, 5.41) is 2.87. The minimum Gasteiger partial charge on any atom is -0.337 e. The molecule has 0 radical (unpaired) electrons. The number of aryl methyl sites for hydroxylation is 1. The molecule has 5 nitrogen and oxygen atoms in total. The number of anilines is 1. The first-order valence-electron chi connectivity index (χ1n) is 8.52. The van der Waals surface area contributed by atoms with Crippen LogP contribution in [0.4, 0.5) is 14.9 Å². The molecule has 0 spiro atoms. The van der Waals surface area contributed by atoms with Gasteiger partial charge in [0.25, 0.3) is 0 Å². The zero-order valence-electron chi connectivity index (χ0n) is 14.4. The highest BCUT2D eigenvalue weighted by atomic mass is 19.1. The van der Waals surface area contributed by atoms with Crippen LogP contribution in [-0.2, 0) is 13.1 Å². The van der Waals surface area contributed by atoms with Crippen LogP contribution < -0.4 is 5.32 Å². The number of nitrogens with one attached hydrogen (secondary N) is 1. The number of rotatable bonds is 7. The Hall–Kier alpha value is -3.15. The van der Waals surface area contributed by atoms with E-state index in [2.05, 4.69) is 10.3 Å². The van der Waals surface area contributed by atoms with Gasteiger partial charge in [0.05, 0.1) is 12.9 Å². The van der Waals surface area contributed by atoms with Crippen LogP contribution in [0, 0.1) is 5.82 Å². The third kappa shape index (κ3) is 4.92. The van der Waals surface area contributed by atoms with Crippen molar-refractivity contribution in [2.24, 2.45) is 0 Å². The van der Waals surface area contributed by atoms with E-state index in [0.29, 0.717) is 17.8 Å². The first-order chi connectivity index (χ1) is 12.7. The molecule has 0 bridgehead atoms. The Bertz CT molecular complexity index is 821. The Morgan fingerprint density at radius 2 is 1.88 bits per heavy atom. The maximum atomic E-state index is 14.0. The number of para-hydroxylation sites is 1. The van der Waals surface area contributed by atoms with Crippen molar-refractivity contribution in [1.29, 1.82) is 0 Å². The smallest absolute Gasteiger partial charge is 0.322 e. The van der Waals surface area contributed by atoms with Crippen LogP contribution in [0.15, 0.2) is 73.3 Å². The second kappa shape index (κ2) is 8.80. The molecule has 0 unspecified atom stereocenters. The molecule has 1 aromatic heterocycles. The monoisotopic (exact) mass is 352 g/mol. The number of aromatic nitrogens is 2. The van der Waals surface area contributed by atoms with Crippen LogP contribution in [0.25, 0.3) is 0 Å². The summed E-state index contributed by atoms with van der Waals surface area (Å²) in [4.78, 5) is 18.3. The molecule has 0 aliphatic heterocycles. The molecule has 0 fully saturated rings. The number of benzene rings is 2. The lowest BCUT2D eigenvalue weighted by Gasteiger charge is -2.23. The molecule has 2 aromatic carbocycles. The molecule has 0 atom stereocenters. The van der Waals surface area contributed by atoms with Crippen LogP contribution in [0.3, 0.4) is 0 Å². The lowest BCUT2D eigenvalue weighted by Crippen LogP contribution is -2.36. The van der Waals surface area contributed by atoms with E-state index in [1.54, 1.807) is 35.6 Å². The molecule has 26 heavy (non-hydrogen) atoms. The van der Waals surface area contributed by atoms with Crippen LogP contribution in [0.1, 0.15) is 12.0 Å². The van der Waals surface area contributed by atoms with Gasteiger partial charge in [0, 0.05) is 36.7 Å². The van der Waals surface area contributed by atoms with Gasteiger partial charge in [-0.25, -0.2) is 14.2 Å². The van der Waals surface area contributed by atoms with E-state index in [9.17, 15) is 9.18 Å². The van der Waals surface area contributed by atoms with E-state index >= 15 is 0 Å². The Morgan fingerprint density at radius 1 is 1.12 bits per heavy atom. The fourth-order valence-corrected chi connectivity index (χ4v) is 2.67. The predicted molar refractivity (Wildman–Crippen MR) is 99.1 cm³/mol. The minimum atomic E-state index is -0.306. The molecular formula is C20H21FN4O. The zero-order chi connectivity index (χ0) is 18.2. The molecule has 3 rings (SSSR count). The summed E-state index contributed by atoms with van der Waals surface area (Å²) in [7, 11) is 0. The highest BCUT2D eigenvalue weighted by molar-refractivity contribution is 5.89. The van der Waals surface area contributed by atoms with Crippen molar-refractivity contribution < 1.29 is 9.18 Å². The summed E-state index contributed by atoms with van der Waals surface area (Å²) in [6, 6.07) is 15.5. The van der Waals surface area contributed by atoms with Gasteiger partial charge in [0.1, 0.15) is 5.82 Å². The normalized spacial score (nSPS) is 10.5. The molecule has 134 valence electrons. The summed E-state index contributed by atoms with van der Waals surface area (Å²) < 4.78 is 16.0. The Morgan fingerprint density at radius 3 is 2.62 bits per heavy atom. The van der Waals surface area contributed by atoms with Gasteiger partial charge < -0.3 is 14.8 Å². The van der Waals surface area contributed by atoms with Crippen molar-refractivity contribution in [3.63, 3.8) is 0 Å². The van der Waals surface area contributed by atoms with Crippen LogP contribution in [-0.4, -0.2) is 27.0 Å². The largest absolute Gasteiger partial charge is 0.337 e. The standard InChI is InChI=1S/C20H21FN4O/c21-19-10-5-4-7-17(19)15-25(13-6-12-24-14-11-22-16-24)20(26)23-18-8-2-1-3-9-18/h1-5,7-11,14,16H,6,12-13,15H2,(H,23,26). The molecule has 1 N–H and O–H groups in total. The summed E-state index contributed by atoms with van der Waals surface area (Å²) >= 11 is 0.